The van der Waals surface area contributed by atoms with Gasteiger partial charge in [0.15, 0.2) is 0 Å². The fraction of sp³-hybridized carbons (Fsp3) is 0.355. The van der Waals surface area contributed by atoms with Crippen molar-refractivity contribution in [3.63, 3.8) is 0 Å². The van der Waals surface area contributed by atoms with Crippen molar-refractivity contribution in [3.05, 3.63) is 83.9 Å². The van der Waals surface area contributed by atoms with Gasteiger partial charge < -0.3 is 19.7 Å². The Balaban J connectivity index is 2.04. The zero-order chi connectivity index (χ0) is 30.2. The summed E-state index contributed by atoms with van der Waals surface area (Å²) in [5, 5.41) is 2.85. The Hall–Kier alpha value is -4.05. The first kappa shape index (κ1) is 31.5. The first-order valence-electron chi connectivity index (χ1n) is 13.5. The van der Waals surface area contributed by atoms with Crippen molar-refractivity contribution in [1.82, 2.24) is 10.2 Å². The molecule has 0 radical (unpaired) electrons. The molecular formula is C31H39N3O6S. The molecule has 3 aromatic rings. The van der Waals surface area contributed by atoms with Gasteiger partial charge in [-0.1, -0.05) is 29.8 Å². The van der Waals surface area contributed by atoms with Gasteiger partial charge in [-0.15, -0.1) is 0 Å². The monoisotopic (exact) mass is 581 g/mol. The zero-order valence-corrected chi connectivity index (χ0v) is 25.3. The normalized spacial score (nSPS) is 12.0. The summed E-state index contributed by atoms with van der Waals surface area (Å²) in [4.78, 5) is 28.5. The van der Waals surface area contributed by atoms with E-state index in [2.05, 4.69) is 5.32 Å². The fourth-order valence-corrected chi connectivity index (χ4v) is 5.61. The number of aryl methyl sites for hydroxylation is 1. The summed E-state index contributed by atoms with van der Waals surface area (Å²) in [7, 11) is -2.60. The van der Waals surface area contributed by atoms with Gasteiger partial charge in [0.2, 0.25) is 11.8 Å². The van der Waals surface area contributed by atoms with Gasteiger partial charge in [0.05, 0.1) is 24.3 Å². The minimum atomic E-state index is -4.15. The van der Waals surface area contributed by atoms with Gasteiger partial charge in [-0.05, 0) is 88.7 Å². The van der Waals surface area contributed by atoms with Crippen LogP contribution in [-0.4, -0.2) is 57.5 Å². The van der Waals surface area contributed by atoms with Crippen LogP contribution in [0.1, 0.15) is 38.8 Å². The second-order valence-electron chi connectivity index (χ2n) is 9.96. The van der Waals surface area contributed by atoms with Crippen LogP contribution in [0.5, 0.6) is 11.5 Å². The number of benzene rings is 3. The lowest BCUT2D eigenvalue weighted by atomic mass is 10.1. The van der Waals surface area contributed by atoms with Crippen molar-refractivity contribution in [3.8, 4) is 11.5 Å². The summed E-state index contributed by atoms with van der Waals surface area (Å²) in [5.41, 5.74) is 1.93. The average Bonchev–Trinajstić information content (AvgIpc) is 2.94. The fourth-order valence-electron chi connectivity index (χ4n) is 4.20. The summed E-state index contributed by atoms with van der Waals surface area (Å²) in [6, 6.07) is 19.1. The summed E-state index contributed by atoms with van der Waals surface area (Å²) in [6.07, 6.45) is 0. The lowest BCUT2D eigenvalue weighted by Gasteiger charge is -2.32. The molecule has 0 fully saturated rings. The first-order chi connectivity index (χ1) is 19.5. The van der Waals surface area contributed by atoms with Crippen molar-refractivity contribution >= 4 is 27.5 Å². The van der Waals surface area contributed by atoms with E-state index in [1.807, 2.05) is 33.8 Å². The molecule has 220 valence electrons. The number of anilines is 1. The maximum Gasteiger partial charge on any atom is 0.264 e. The van der Waals surface area contributed by atoms with Crippen molar-refractivity contribution in [2.24, 2.45) is 0 Å². The molecule has 1 atom stereocenters. The highest BCUT2D eigenvalue weighted by atomic mass is 32.2. The molecule has 0 spiro atoms. The third kappa shape index (κ3) is 8.23. The number of rotatable bonds is 13. The number of ether oxygens (including phenoxy) is 2. The molecule has 3 aromatic carbocycles. The van der Waals surface area contributed by atoms with Crippen molar-refractivity contribution in [2.45, 2.75) is 58.1 Å². The Morgan fingerprint density at radius 2 is 1.59 bits per heavy atom. The maximum absolute atomic E-state index is 14.0. The lowest BCUT2D eigenvalue weighted by Crippen LogP contribution is -2.52. The molecule has 0 aliphatic heterocycles. The summed E-state index contributed by atoms with van der Waals surface area (Å²) in [5.74, 6) is 0.301. The minimum Gasteiger partial charge on any atom is -0.497 e. The number of carbonyl (C=O) groups is 2. The lowest BCUT2D eigenvalue weighted by molar-refractivity contribution is -0.139. The molecule has 0 aliphatic rings. The van der Waals surface area contributed by atoms with E-state index >= 15 is 0 Å². The highest BCUT2D eigenvalue weighted by Crippen LogP contribution is 2.27. The summed E-state index contributed by atoms with van der Waals surface area (Å²) < 4.78 is 39.8. The van der Waals surface area contributed by atoms with Crippen molar-refractivity contribution < 1.29 is 27.5 Å². The molecule has 0 aromatic heterocycles. The predicted molar refractivity (Wildman–Crippen MR) is 160 cm³/mol. The maximum atomic E-state index is 14.0. The van der Waals surface area contributed by atoms with E-state index in [9.17, 15) is 18.0 Å². The predicted octanol–water partition coefficient (Wildman–Crippen LogP) is 4.54. The Labute approximate surface area is 243 Å². The summed E-state index contributed by atoms with van der Waals surface area (Å²) in [6.45, 7) is 9.03. The molecule has 0 aliphatic carbocycles. The van der Waals surface area contributed by atoms with E-state index in [1.54, 1.807) is 68.6 Å². The van der Waals surface area contributed by atoms with Crippen molar-refractivity contribution in [2.75, 3.05) is 24.6 Å². The van der Waals surface area contributed by atoms with Crippen LogP contribution in [0.25, 0.3) is 0 Å². The van der Waals surface area contributed by atoms with Crippen LogP contribution >= 0.6 is 0 Å². The van der Waals surface area contributed by atoms with Gasteiger partial charge in [-0.3, -0.25) is 13.9 Å². The molecule has 0 unspecified atom stereocenters. The number of nitrogens with one attached hydrogen (secondary N) is 1. The average molecular weight is 582 g/mol. The topological polar surface area (TPSA) is 105 Å². The molecule has 0 heterocycles. The van der Waals surface area contributed by atoms with Gasteiger partial charge in [0.25, 0.3) is 10.0 Å². The van der Waals surface area contributed by atoms with Crippen LogP contribution in [-0.2, 0) is 26.2 Å². The zero-order valence-electron chi connectivity index (χ0n) is 24.5. The number of sulfonamides is 1. The van der Waals surface area contributed by atoms with Crippen LogP contribution in [0.15, 0.2) is 77.7 Å². The van der Waals surface area contributed by atoms with E-state index < -0.39 is 28.5 Å². The standard InChI is InChI=1S/C31H39N3O6S/c1-7-40-27-15-13-26(14-16-27)34(41(37,38)29-17-11-23(4)12-18-29)21-30(35)33(24(5)31(36)32-22(2)3)20-25-9-8-10-28(19-25)39-6/h8-19,22,24H,7,20-21H2,1-6H3,(H,32,36)/t24-/m1/s1. The molecule has 3 rings (SSSR count). The number of hydrogen-bond donors (Lipinski definition) is 1. The third-order valence-corrected chi connectivity index (χ3v) is 8.20. The number of hydrogen-bond acceptors (Lipinski definition) is 6. The van der Waals surface area contributed by atoms with Crippen LogP contribution < -0.4 is 19.1 Å². The molecule has 1 N–H and O–H groups in total. The van der Waals surface area contributed by atoms with Gasteiger partial charge >= 0.3 is 0 Å². The third-order valence-electron chi connectivity index (χ3n) is 6.41. The van der Waals surface area contributed by atoms with Crippen LogP contribution in [0.2, 0.25) is 0 Å². The molecule has 0 bridgehead atoms. The van der Waals surface area contributed by atoms with Crippen molar-refractivity contribution in [1.29, 1.82) is 0 Å². The van der Waals surface area contributed by atoms with Gasteiger partial charge in [0.1, 0.15) is 24.1 Å². The van der Waals surface area contributed by atoms with Gasteiger partial charge in [-0.2, -0.15) is 0 Å². The second kappa shape index (κ2) is 14.0. The van der Waals surface area contributed by atoms with Gasteiger partial charge in [-0.25, -0.2) is 8.42 Å². The van der Waals surface area contributed by atoms with Crippen LogP contribution in [0.4, 0.5) is 5.69 Å². The Morgan fingerprint density at radius 3 is 2.17 bits per heavy atom. The van der Waals surface area contributed by atoms with E-state index in [1.165, 1.54) is 17.0 Å². The number of amides is 2. The molecule has 0 saturated heterocycles. The van der Waals surface area contributed by atoms with E-state index in [4.69, 9.17) is 9.47 Å². The van der Waals surface area contributed by atoms with E-state index in [0.29, 0.717) is 23.8 Å². The summed E-state index contributed by atoms with van der Waals surface area (Å²) >= 11 is 0. The Bertz CT molecular complexity index is 1420. The molecule has 0 saturated carbocycles. The van der Waals surface area contributed by atoms with E-state index in [-0.39, 0.29) is 23.4 Å². The van der Waals surface area contributed by atoms with Crippen LogP contribution in [0.3, 0.4) is 0 Å². The molecule has 9 nitrogen and oxygen atoms in total. The number of nitrogens with zero attached hydrogens (tertiary/aromatic N) is 2. The largest absolute Gasteiger partial charge is 0.497 e. The quantitative estimate of drug-likeness (QED) is 0.318. The minimum absolute atomic E-state index is 0.0507. The first-order valence-corrected chi connectivity index (χ1v) is 14.9. The highest BCUT2D eigenvalue weighted by molar-refractivity contribution is 7.92. The van der Waals surface area contributed by atoms with E-state index in [0.717, 1.165) is 15.4 Å². The molecule has 2 amide bonds. The van der Waals surface area contributed by atoms with Gasteiger partial charge in [0, 0.05) is 12.6 Å². The molecule has 10 heteroatoms. The number of carbonyl (C=O) groups excluding carboxylic acids is 2. The molecular weight excluding hydrogens is 542 g/mol. The number of methoxy groups -OCH3 is 1. The second-order valence-corrected chi connectivity index (χ2v) is 11.8. The Kier molecular flexibility index (Phi) is 10.8. The highest BCUT2D eigenvalue weighted by Gasteiger charge is 2.32. The SMILES string of the molecule is CCOc1ccc(N(CC(=O)N(Cc2cccc(OC)c2)[C@H](C)C(=O)NC(C)C)S(=O)(=O)c2ccc(C)cc2)cc1. The van der Waals surface area contributed by atoms with Crippen LogP contribution in [0, 0.1) is 6.92 Å². The smallest absolute Gasteiger partial charge is 0.264 e. The Morgan fingerprint density at radius 1 is 0.927 bits per heavy atom. The molecule has 41 heavy (non-hydrogen) atoms.